The molecular weight excluding hydrogens is 150 g/mol. The third-order valence-electron chi connectivity index (χ3n) is 2.70. The number of halogens is 2. The first kappa shape index (κ1) is 8.91. The van der Waals surface area contributed by atoms with Gasteiger partial charge in [-0.25, -0.2) is 8.78 Å². The summed E-state index contributed by atoms with van der Waals surface area (Å²) in [5.74, 6) is 0.0986. The van der Waals surface area contributed by atoms with Crippen LogP contribution in [-0.4, -0.2) is 17.1 Å². The highest BCUT2D eigenvalue weighted by molar-refractivity contribution is 5.00. The fourth-order valence-corrected chi connectivity index (χ4v) is 1.60. The Labute approximate surface area is 65.4 Å². The minimum absolute atomic E-state index is 0.152. The second kappa shape index (κ2) is 2.70. The van der Waals surface area contributed by atoms with E-state index in [0.29, 0.717) is 0 Å². The van der Waals surface area contributed by atoms with Gasteiger partial charge in [0.15, 0.2) is 0 Å². The largest absolute Gasteiger partial charge is 0.384 e. The first-order valence-corrected chi connectivity index (χ1v) is 4.03. The first-order valence-electron chi connectivity index (χ1n) is 4.03. The van der Waals surface area contributed by atoms with Gasteiger partial charge in [0.1, 0.15) is 5.60 Å². The zero-order valence-electron chi connectivity index (χ0n) is 6.85. The molecule has 0 aromatic carbocycles. The summed E-state index contributed by atoms with van der Waals surface area (Å²) in [6.45, 7) is 3.50. The fourth-order valence-electron chi connectivity index (χ4n) is 1.60. The van der Waals surface area contributed by atoms with Gasteiger partial charge >= 0.3 is 0 Å². The van der Waals surface area contributed by atoms with Crippen LogP contribution in [-0.2, 0) is 0 Å². The average molecular weight is 164 g/mol. The molecule has 0 aromatic heterocycles. The molecule has 0 saturated heterocycles. The Balaban J connectivity index is 2.60. The Morgan fingerprint density at radius 3 is 2.18 bits per heavy atom. The van der Waals surface area contributed by atoms with E-state index >= 15 is 0 Å². The highest BCUT2D eigenvalue weighted by Gasteiger charge is 2.53. The number of hydrogen-bond donors (Lipinski definition) is 1. The van der Waals surface area contributed by atoms with Crippen LogP contribution in [0.25, 0.3) is 0 Å². The molecule has 0 heterocycles. The molecule has 1 aliphatic carbocycles. The van der Waals surface area contributed by atoms with Crippen LogP contribution in [0.4, 0.5) is 8.78 Å². The second-order valence-corrected chi connectivity index (χ2v) is 3.46. The van der Waals surface area contributed by atoms with Gasteiger partial charge in [0.2, 0.25) is 0 Å². The van der Waals surface area contributed by atoms with Gasteiger partial charge in [0.25, 0.3) is 6.43 Å². The molecule has 1 N–H and O–H groups in total. The van der Waals surface area contributed by atoms with E-state index in [1.54, 1.807) is 6.92 Å². The molecule has 0 aromatic rings. The van der Waals surface area contributed by atoms with E-state index in [1.807, 2.05) is 6.92 Å². The summed E-state index contributed by atoms with van der Waals surface area (Å²) in [4.78, 5) is 0. The number of hydrogen-bond acceptors (Lipinski definition) is 1. The van der Waals surface area contributed by atoms with Crippen molar-refractivity contribution >= 4 is 0 Å². The van der Waals surface area contributed by atoms with E-state index in [2.05, 4.69) is 0 Å². The van der Waals surface area contributed by atoms with Gasteiger partial charge in [0.05, 0.1) is 0 Å². The lowest BCUT2D eigenvalue weighted by molar-refractivity contribution is -0.115. The van der Waals surface area contributed by atoms with Crippen molar-refractivity contribution in [3.8, 4) is 0 Å². The zero-order valence-corrected chi connectivity index (χ0v) is 6.85. The normalized spacial score (nSPS) is 35.5. The van der Waals surface area contributed by atoms with Gasteiger partial charge in [-0.05, 0) is 24.7 Å². The molecule has 0 bridgehead atoms. The van der Waals surface area contributed by atoms with Gasteiger partial charge < -0.3 is 5.11 Å². The van der Waals surface area contributed by atoms with Crippen LogP contribution in [0.5, 0.6) is 0 Å². The number of rotatable bonds is 3. The Kier molecular flexibility index (Phi) is 2.19. The molecule has 0 amide bonds. The maximum atomic E-state index is 12.3. The monoisotopic (exact) mass is 164 g/mol. The van der Waals surface area contributed by atoms with Crippen molar-refractivity contribution in [2.45, 2.75) is 38.7 Å². The van der Waals surface area contributed by atoms with Crippen LogP contribution in [0.1, 0.15) is 26.7 Å². The number of alkyl halides is 2. The standard InChI is InChI=1S/C8H14F2O/c1-3-8(11,7(9)10)6-4-5(6)2/h5-7,11H,3-4H2,1-2H3. The molecule has 1 aliphatic rings. The summed E-state index contributed by atoms with van der Waals surface area (Å²) in [6, 6.07) is 0. The van der Waals surface area contributed by atoms with E-state index in [-0.39, 0.29) is 18.3 Å². The van der Waals surface area contributed by atoms with E-state index < -0.39 is 12.0 Å². The molecule has 0 aliphatic heterocycles. The minimum atomic E-state index is -2.59. The van der Waals surface area contributed by atoms with Crippen LogP contribution in [0.2, 0.25) is 0 Å². The van der Waals surface area contributed by atoms with E-state index in [1.165, 1.54) is 0 Å². The molecular formula is C8H14F2O. The van der Waals surface area contributed by atoms with Crippen molar-refractivity contribution in [1.82, 2.24) is 0 Å². The summed E-state index contributed by atoms with van der Waals surface area (Å²) < 4.78 is 24.6. The summed E-state index contributed by atoms with van der Waals surface area (Å²) in [5, 5.41) is 9.46. The Bertz CT molecular complexity index is 149. The molecule has 3 atom stereocenters. The SMILES string of the molecule is CCC(O)(C(F)F)C1CC1C. The smallest absolute Gasteiger partial charge is 0.267 e. The fraction of sp³-hybridized carbons (Fsp3) is 1.00. The van der Waals surface area contributed by atoms with Crippen molar-refractivity contribution in [3.63, 3.8) is 0 Å². The molecule has 1 saturated carbocycles. The molecule has 1 fully saturated rings. The Morgan fingerprint density at radius 2 is 2.09 bits per heavy atom. The molecule has 3 heteroatoms. The van der Waals surface area contributed by atoms with Crippen LogP contribution in [0.3, 0.4) is 0 Å². The predicted molar refractivity (Wildman–Crippen MR) is 38.5 cm³/mol. The number of aliphatic hydroxyl groups is 1. The molecule has 0 radical (unpaired) electrons. The van der Waals surface area contributed by atoms with E-state index in [0.717, 1.165) is 6.42 Å². The van der Waals surface area contributed by atoms with Crippen LogP contribution in [0.15, 0.2) is 0 Å². The van der Waals surface area contributed by atoms with Crippen LogP contribution >= 0.6 is 0 Å². The van der Waals surface area contributed by atoms with Crippen LogP contribution in [0, 0.1) is 11.8 Å². The minimum Gasteiger partial charge on any atom is -0.384 e. The maximum Gasteiger partial charge on any atom is 0.267 e. The molecule has 1 rings (SSSR count). The van der Waals surface area contributed by atoms with Crippen molar-refractivity contribution in [1.29, 1.82) is 0 Å². The van der Waals surface area contributed by atoms with Gasteiger partial charge in [-0.1, -0.05) is 13.8 Å². The topological polar surface area (TPSA) is 20.2 Å². The molecule has 3 unspecified atom stereocenters. The average Bonchev–Trinajstić information content (AvgIpc) is 2.65. The quantitative estimate of drug-likeness (QED) is 0.676. The van der Waals surface area contributed by atoms with Crippen molar-refractivity contribution < 1.29 is 13.9 Å². The van der Waals surface area contributed by atoms with Crippen molar-refractivity contribution in [2.75, 3.05) is 0 Å². The molecule has 0 spiro atoms. The van der Waals surface area contributed by atoms with Crippen molar-refractivity contribution in [3.05, 3.63) is 0 Å². The first-order chi connectivity index (χ1) is 5.02. The molecule has 66 valence electrons. The highest BCUT2D eigenvalue weighted by atomic mass is 19.3. The summed E-state index contributed by atoms with van der Waals surface area (Å²) in [7, 11) is 0. The molecule has 11 heavy (non-hydrogen) atoms. The van der Waals surface area contributed by atoms with Gasteiger partial charge in [0, 0.05) is 0 Å². The summed E-state index contributed by atoms with van der Waals surface area (Å²) in [5.41, 5.74) is -1.71. The van der Waals surface area contributed by atoms with E-state index in [4.69, 9.17) is 0 Å². The van der Waals surface area contributed by atoms with Crippen molar-refractivity contribution in [2.24, 2.45) is 11.8 Å². The second-order valence-electron chi connectivity index (χ2n) is 3.46. The van der Waals surface area contributed by atoms with E-state index in [9.17, 15) is 13.9 Å². The van der Waals surface area contributed by atoms with Gasteiger partial charge in [-0.15, -0.1) is 0 Å². The summed E-state index contributed by atoms with van der Waals surface area (Å²) >= 11 is 0. The third-order valence-corrected chi connectivity index (χ3v) is 2.70. The lowest BCUT2D eigenvalue weighted by atomic mass is 9.94. The van der Waals surface area contributed by atoms with Gasteiger partial charge in [-0.2, -0.15) is 0 Å². The van der Waals surface area contributed by atoms with Gasteiger partial charge in [-0.3, -0.25) is 0 Å². The third kappa shape index (κ3) is 1.39. The lowest BCUT2D eigenvalue weighted by Crippen LogP contribution is -2.39. The molecule has 1 nitrogen and oxygen atoms in total. The predicted octanol–water partition coefficient (Wildman–Crippen LogP) is 2.05. The summed E-state index contributed by atoms with van der Waals surface area (Å²) in [6.07, 6.45) is -1.70. The Hall–Kier alpha value is -0.180. The lowest BCUT2D eigenvalue weighted by Gasteiger charge is -2.25. The Morgan fingerprint density at radius 1 is 1.64 bits per heavy atom. The highest BCUT2D eigenvalue weighted by Crippen LogP contribution is 2.49. The van der Waals surface area contributed by atoms with Crippen LogP contribution < -0.4 is 0 Å². The zero-order chi connectivity index (χ0) is 8.65. The maximum absolute atomic E-state index is 12.3.